The highest BCUT2D eigenvalue weighted by Crippen LogP contribution is 2.33. The molecule has 0 spiro atoms. The van der Waals surface area contributed by atoms with E-state index < -0.39 is 0 Å². The zero-order valence-electron chi connectivity index (χ0n) is 12.5. The van der Waals surface area contributed by atoms with E-state index in [1.807, 2.05) is 18.2 Å². The van der Waals surface area contributed by atoms with Gasteiger partial charge in [-0.15, -0.1) is 12.4 Å². The van der Waals surface area contributed by atoms with E-state index in [9.17, 15) is 4.79 Å². The molecule has 116 valence electrons. The number of hydrogen-bond acceptors (Lipinski definition) is 2. The Hall–Kier alpha value is -1.06. The number of carbonyl (C=O) groups excluding carboxylic acids is 1. The molecule has 3 unspecified atom stereocenters. The highest BCUT2D eigenvalue weighted by Gasteiger charge is 2.38. The second kappa shape index (κ2) is 7.28. The second-order valence-electron chi connectivity index (χ2n) is 6.25. The van der Waals surface area contributed by atoms with Gasteiger partial charge in [0.2, 0.25) is 5.91 Å². The molecule has 1 aliphatic carbocycles. The lowest BCUT2D eigenvalue weighted by Gasteiger charge is -2.24. The van der Waals surface area contributed by atoms with Crippen molar-refractivity contribution in [3.05, 3.63) is 35.9 Å². The quantitative estimate of drug-likeness (QED) is 0.900. The van der Waals surface area contributed by atoms with Gasteiger partial charge in [-0.05, 0) is 37.7 Å². The Morgan fingerprint density at radius 2 is 1.95 bits per heavy atom. The van der Waals surface area contributed by atoms with Crippen molar-refractivity contribution < 1.29 is 4.79 Å². The molecule has 0 bridgehead atoms. The number of nitrogens with one attached hydrogen (secondary N) is 2. The van der Waals surface area contributed by atoms with Crippen LogP contribution in [-0.2, 0) is 4.79 Å². The lowest BCUT2D eigenvalue weighted by atomic mass is 9.85. The van der Waals surface area contributed by atoms with Crippen LogP contribution < -0.4 is 10.6 Å². The number of amides is 1. The number of carbonyl (C=O) groups is 1. The molecule has 3 nitrogen and oxygen atoms in total. The highest BCUT2D eigenvalue weighted by molar-refractivity contribution is 5.85. The average molecular weight is 309 g/mol. The number of benzene rings is 1. The fourth-order valence-corrected chi connectivity index (χ4v) is 3.66. The van der Waals surface area contributed by atoms with Gasteiger partial charge in [0.05, 0.1) is 12.1 Å². The van der Waals surface area contributed by atoms with Crippen molar-refractivity contribution in [2.75, 3.05) is 0 Å². The van der Waals surface area contributed by atoms with E-state index in [1.54, 1.807) is 0 Å². The van der Waals surface area contributed by atoms with Crippen LogP contribution in [0.3, 0.4) is 0 Å². The van der Waals surface area contributed by atoms with Crippen molar-refractivity contribution in [1.29, 1.82) is 0 Å². The van der Waals surface area contributed by atoms with E-state index >= 15 is 0 Å². The van der Waals surface area contributed by atoms with Crippen molar-refractivity contribution in [2.24, 2.45) is 5.92 Å². The molecule has 2 N–H and O–H groups in total. The van der Waals surface area contributed by atoms with E-state index in [1.165, 1.54) is 25.7 Å². The summed E-state index contributed by atoms with van der Waals surface area (Å²) in [5, 5.41) is 6.68. The third kappa shape index (κ3) is 3.78. The van der Waals surface area contributed by atoms with Gasteiger partial charge in [-0.3, -0.25) is 4.79 Å². The summed E-state index contributed by atoms with van der Waals surface area (Å²) < 4.78 is 0. The van der Waals surface area contributed by atoms with Crippen molar-refractivity contribution in [3.8, 4) is 0 Å². The van der Waals surface area contributed by atoms with Crippen LogP contribution in [0, 0.1) is 5.92 Å². The van der Waals surface area contributed by atoms with E-state index in [0.29, 0.717) is 12.0 Å². The minimum absolute atomic E-state index is 0. The third-order valence-electron chi connectivity index (χ3n) is 4.84. The summed E-state index contributed by atoms with van der Waals surface area (Å²) >= 11 is 0. The van der Waals surface area contributed by atoms with Crippen LogP contribution in [0.1, 0.15) is 50.6 Å². The first kappa shape index (κ1) is 16.3. The molecule has 21 heavy (non-hydrogen) atoms. The highest BCUT2D eigenvalue weighted by atomic mass is 35.5. The summed E-state index contributed by atoms with van der Waals surface area (Å²) in [7, 11) is 0. The smallest absolute Gasteiger partial charge is 0.237 e. The maximum atomic E-state index is 12.4. The molecule has 1 aromatic rings. The third-order valence-corrected chi connectivity index (χ3v) is 4.84. The van der Waals surface area contributed by atoms with Crippen LogP contribution in [0.5, 0.6) is 0 Å². The van der Waals surface area contributed by atoms with Crippen molar-refractivity contribution in [1.82, 2.24) is 10.6 Å². The van der Waals surface area contributed by atoms with Crippen LogP contribution in [0.4, 0.5) is 0 Å². The fourth-order valence-electron chi connectivity index (χ4n) is 3.66. The summed E-state index contributed by atoms with van der Waals surface area (Å²) in [6.07, 6.45) is 6.18. The van der Waals surface area contributed by atoms with Gasteiger partial charge in [-0.1, -0.05) is 43.2 Å². The number of rotatable bonds is 3. The zero-order chi connectivity index (χ0) is 13.9. The summed E-state index contributed by atoms with van der Waals surface area (Å²) in [6, 6.07) is 10.8. The Morgan fingerprint density at radius 3 is 2.67 bits per heavy atom. The maximum Gasteiger partial charge on any atom is 0.237 e. The maximum absolute atomic E-state index is 12.4. The SMILES string of the molecule is C[C@@H](NC(=O)C1CC2CCCCC2N1)c1ccccc1.Cl. The summed E-state index contributed by atoms with van der Waals surface area (Å²) in [5.41, 5.74) is 1.16. The van der Waals surface area contributed by atoms with E-state index in [-0.39, 0.29) is 30.4 Å². The van der Waals surface area contributed by atoms with E-state index in [2.05, 4.69) is 29.7 Å². The molecule has 2 aliphatic rings. The van der Waals surface area contributed by atoms with Gasteiger partial charge in [0, 0.05) is 6.04 Å². The van der Waals surface area contributed by atoms with Gasteiger partial charge < -0.3 is 10.6 Å². The summed E-state index contributed by atoms with van der Waals surface area (Å²) in [6.45, 7) is 2.05. The van der Waals surface area contributed by atoms with Gasteiger partial charge in [0.1, 0.15) is 0 Å². The second-order valence-corrected chi connectivity index (χ2v) is 6.25. The van der Waals surface area contributed by atoms with Gasteiger partial charge >= 0.3 is 0 Å². The normalized spacial score (nSPS) is 29.1. The molecule has 2 fully saturated rings. The molecule has 1 heterocycles. The van der Waals surface area contributed by atoms with Gasteiger partial charge in [-0.25, -0.2) is 0 Å². The Kier molecular flexibility index (Phi) is 5.65. The first-order valence-corrected chi connectivity index (χ1v) is 7.85. The Bertz CT molecular complexity index is 451. The summed E-state index contributed by atoms with van der Waals surface area (Å²) in [5.74, 6) is 0.877. The molecule has 1 saturated carbocycles. The minimum atomic E-state index is 0. The molecule has 1 aliphatic heterocycles. The standard InChI is InChI=1S/C17H24N2O.ClH/c1-12(13-7-3-2-4-8-13)18-17(20)16-11-14-9-5-6-10-15(14)19-16;/h2-4,7-8,12,14-16,19H,5-6,9-11H2,1H3,(H,18,20);1H/t12-,14?,15?,16?;/m1./s1. The fraction of sp³-hybridized carbons (Fsp3) is 0.588. The molecule has 4 atom stereocenters. The zero-order valence-corrected chi connectivity index (χ0v) is 13.4. The Labute approximate surface area is 133 Å². The minimum Gasteiger partial charge on any atom is -0.348 e. The predicted octanol–water partition coefficient (Wildman–Crippen LogP) is 3.21. The van der Waals surface area contributed by atoms with Gasteiger partial charge in [0.25, 0.3) is 0 Å². The van der Waals surface area contributed by atoms with Crippen LogP contribution >= 0.6 is 12.4 Å². The van der Waals surface area contributed by atoms with Crippen molar-refractivity contribution >= 4 is 18.3 Å². The van der Waals surface area contributed by atoms with Crippen LogP contribution in [0.2, 0.25) is 0 Å². The lowest BCUT2D eigenvalue weighted by molar-refractivity contribution is -0.123. The number of hydrogen-bond donors (Lipinski definition) is 2. The summed E-state index contributed by atoms with van der Waals surface area (Å²) in [4.78, 5) is 12.4. The van der Waals surface area contributed by atoms with Crippen LogP contribution in [-0.4, -0.2) is 18.0 Å². The lowest BCUT2D eigenvalue weighted by Crippen LogP contribution is -2.43. The first-order chi connectivity index (χ1) is 9.74. The largest absolute Gasteiger partial charge is 0.348 e. The predicted molar refractivity (Wildman–Crippen MR) is 87.5 cm³/mol. The molecular formula is C17H25ClN2O. The molecule has 1 saturated heterocycles. The van der Waals surface area contributed by atoms with E-state index in [0.717, 1.165) is 12.0 Å². The Balaban J connectivity index is 0.00000161. The number of fused-ring (bicyclic) bond motifs is 1. The van der Waals surface area contributed by atoms with Crippen LogP contribution in [0.25, 0.3) is 0 Å². The molecule has 0 radical (unpaired) electrons. The molecule has 1 amide bonds. The molecule has 0 aromatic heterocycles. The Morgan fingerprint density at radius 1 is 1.24 bits per heavy atom. The first-order valence-electron chi connectivity index (χ1n) is 7.85. The molecule has 1 aromatic carbocycles. The average Bonchev–Trinajstić information content (AvgIpc) is 2.92. The van der Waals surface area contributed by atoms with Gasteiger partial charge in [0.15, 0.2) is 0 Å². The van der Waals surface area contributed by atoms with E-state index in [4.69, 9.17) is 0 Å². The van der Waals surface area contributed by atoms with Gasteiger partial charge in [-0.2, -0.15) is 0 Å². The van der Waals surface area contributed by atoms with Crippen molar-refractivity contribution in [3.63, 3.8) is 0 Å². The molecule has 4 heteroatoms. The monoisotopic (exact) mass is 308 g/mol. The molecular weight excluding hydrogens is 284 g/mol. The number of halogens is 1. The van der Waals surface area contributed by atoms with Crippen LogP contribution in [0.15, 0.2) is 30.3 Å². The molecule has 3 rings (SSSR count). The van der Waals surface area contributed by atoms with Crippen molar-refractivity contribution in [2.45, 2.75) is 57.2 Å². The topological polar surface area (TPSA) is 41.1 Å².